The van der Waals surface area contributed by atoms with Gasteiger partial charge < -0.3 is 27.8 Å². The number of methoxy groups -OCH3 is 1. The van der Waals surface area contributed by atoms with Crippen molar-refractivity contribution in [3.8, 4) is 29.2 Å². The molecule has 9 heteroatoms. The Kier molecular flexibility index (Phi) is 5.49. The van der Waals surface area contributed by atoms with Gasteiger partial charge in [-0.05, 0) is 54.8 Å². The van der Waals surface area contributed by atoms with Gasteiger partial charge in [-0.1, -0.05) is 6.07 Å². The van der Waals surface area contributed by atoms with Gasteiger partial charge in [0.2, 0.25) is 11.6 Å². The number of benzene rings is 1. The van der Waals surface area contributed by atoms with E-state index < -0.39 is 0 Å². The maximum Gasteiger partial charge on any atom is 0.266 e. The number of piperidine rings is 1. The van der Waals surface area contributed by atoms with Crippen LogP contribution < -0.4 is 19.9 Å². The van der Waals surface area contributed by atoms with Gasteiger partial charge in [-0.3, -0.25) is 4.79 Å². The summed E-state index contributed by atoms with van der Waals surface area (Å²) in [5, 5.41) is 9.76. The second-order valence-corrected chi connectivity index (χ2v) is 9.12. The summed E-state index contributed by atoms with van der Waals surface area (Å²) in [6.45, 7) is 2.25. The highest BCUT2D eigenvalue weighted by molar-refractivity contribution is 5.56. The maximum absolute atomic E-state index is 12.3. The standard InChI is InChI=1S/C27H24N4O5/c1-33-19-5-7-20(8-6-19)34-16-21-9-10-24(35-21)26-29-22(12-28)27(36-26)30-13-17-11-18(15-30)23-3-2-4-25(32)31(23)14-17/h2-10,17-18H,11,13-16H2,1H3/t17-,18-/m0/s1. The van der Waals surface area contributed by atoms with Crippen molar-refractivity contribution in [3.63, 3.8) is 0 Å². The van der Waals surface area contributed by atoms with Crippen molar-refractivity contribution in [2.75, 3.05) is 25.1 Å². The lowest BCUT2D eigenvalue weighted by atomic mass is 9.83. The Balaban J connectivity index is 1.20. The van der Waals surface area contributed by atoms with Crippen LogP contribution in [-0.4, -0.2) is 29.8 Å². The molecule has 0 unspecified atom stereocenters. The van der Waals surface area contributed by atoms with Crippen LogP contribution in [-0.2, 0) is 13.2 Å². The summed E-state index contributed by atoms with van der Waals surface area (Å²) in [4.78, 5) is 18.8. The molecule has 36 heavy (non-hydrogen) atoms. The predicted molar refractivity (Wildman–Crippen MR) is 130 cm³/mol. The van der Waals surface area contributed by atoms with Crippen molar-refractivity contribution < 1.29 is 18.3 Å². The second kappa shape index (κ2) is 8.96. The van der Waals surface area contributed by atoms with Crippen LogP contribution in [0.4, 0.5) is 5.88 Å². The van der Waals surface area contributed by atoms with E-state index in [4.69, 9.17) is 18.3 Å². The van der Waals surface area contributed by atoms with Crippen molar-refractivity contribution in [2.24, 2.45) is 5.92 Å². The Labute approximate surface area is 207 Å². The van der Waals surface area contributed by atoms with Gasteiger partial charge in [0.1, 0.15) is 29.9 Å². The minimum Gasteiger partial charge on any atom is -0.497 e. The molecular weight excluding hydrogens is 460 g/mol. The number of hydrogen-bond donors (Lipinski definition) is 0. The van der Waals surface area contributed by atoms with Gasteiger partial charge in [-0.15, -0.1) is 0 Å². The molecule has 1 aromatic carbocycles. The molecule has 2 bridgehead atoms. The zero-order chi connectivity index (χ0) is 24.6. The number of anilines is 1. The quantitative estimate of drug-likeness (QED) is 0.401. The highest BCUT2D eigenvalue weighted by Crippen LogP contribution is 2.39. The molecule has 0 spiro atoms. The van der Waals surface area contributed by atoms with E-state index in [-0.39, 0.29) is 29.7 Å². The number of nitriles is 1. The number of nitrogens with zero attached hydrogens (tertiary/aromatic N) is 4. The summed E-state index contributed by atoms with van der Waals surface area (Å²) in [5.41, 5.74) is 1.30. The predicted octanol–water partition coefficient (Wildman–Crippen LogP) is 4.18. The Morgan fingerprint density at radius 1 is 1.06 bits per heavy atom. The van der Waals surface area contributed by atoms with Crippen LogP contribution in [0, 0.1) is 17.2 Å². The number of pyridine rings is 1. The van der Waals surface area contributed by atoms with E-state index in [1.54, 1.807) is 25.3 Å². The average Bonchev–Trinajstić information content (AvgIpc) is 3.55. The van der Waals surface area contributed by atoms with Crippen LogP contribution in [0.3, 0.4) is 0 Å². The molecule has 2 aliphatic rings. The Morgan fingerprint density at radius 3 is 2.69 bits per heavy atom. The lowest BCUT2D eigenvalue weighted by Crippen LogP contribution is -2.47. The first-order valence-corrected chi connectivity index (χ1v) is 11.8. The molecule has 5 heterocycles. The van der Waals surface area contributed by atoms with E-state index >= 15 is 0 Å². The fraction of sp³-hybridized carbons (Fsp3) is 0.296. The van der Waals surface area contributed by atoms with Crippen LogP contribution in [0.2, 0.25) is 0 Å². The lowest BCUT2D eigenvalue weighted by molar-refractivity contribution is 0.269. The first-order chi connectivity index (χ1) is 17.6. The molecule has 0 amide bonds. The molecule has 0 radical (unpaired) electrons. The van der Waals surface area contributed by atoms with E-state index in [9.17, 15) is 10.1 Å². The van der Waals surface area contributed by atoms with Crippen molar-refractivity contribution in [3.05, 3.63) is 82.1 Å². The van der Waals surface area contributed by atoms with E-state index in [1.165, 1.54) is 0 Å². The fourth-order valence-corrected chi connectivity index (χ4v) is 5.16. The zero-order valence-electron chi connectivity index (χ0n) is 19.7. The smallest absolute Gasteiger partial charge is 0.266 e. The Morgan fingerprint density at radius 2 is 1.89 bits per heavy atom. The fourth-order valence-electron chi connectivity index (χ4n) is 5.16. The van der Waals surface area contributed by atoms with Crippen molar-refractivity contribution >= 4 is 5.88 Å². The summed E-state index contributed by atoms with van der Waals surface area (Å²) in [7, 11) is 1.62. The molecule has 2 aliphatic heterocycles. The molecule has 182 valence electrons. The minimum absolute atomic E-state index is 0.0416. The van der Waals surface area contributed by atoms with Crippen molar-refractivity contribution in [1.82, 2.24) is 9.55 Å². The monoisotopic (exact) mass is 484 g/mol. The first-order valence-electron chi connectivity index (χ1n) is 11.8. The van der Waals surface area contributed by atoms with E-state index in [0.717, 1.165) is 17.9 Å². The van der Waals surface area contributed by atoms with Gasteiger partial charge in [0, 0.05) is 37.3 Å². The third-order valence-electron chi connectivity index (χ3n) is 6.80. The molecule has 1 fully saturated rings. The molecule has 3 aromatic heterocycles. The van der Waals surface area contributed by atoms with Gasteiger partial charge in [0.25, 0.3) is 11.4 Å². The maximum atomic E-state index is 12.3. The number of furan rings is 1. The molecule has 6 rings (SSSR count). The number of fused-ring (bicyclic) bond motifs is 4. The number of aromatic nitrogens is 2. The molecule has 0 saturated carbocycles. The Bertz CT molecular complexity index is 1490. The third-order valence-corrected chi connectivity index (χ3v) is 6.80. The van der Waals surface area contributed by atoms with Crippen molar-refractivity contribution in [2.45, 2.75) is 25.5 Å². The molecule has 9 nitrogen and oxygen atoms in total. The normalized spacial score (nSPS) is 18.4. The summed E-state index contributed by atoms with van der Waals surface area (Å²) < 4.78 is 24.8. The van der Waals surface area contributed by atoms with Crippen LogP contribution in [0.1, 0.15) is 29.5 Å². The molecule has 0 aliphatic carbocycles. The number of ether oxygens (including phenoxy) is 2. The van der Waals surface area contributed by atoms with E-state index in [0.29, 0.717) is 48.7 Å². The molecule has 0 N–H and O–H groups in total. The number of hydrogen-bond acceptors (Lipinski definition) is 8. The molecule has 2 atom stereocenters. The van der Waals surface area contributed by atoms with Gasteiger partial charge in [-0.25, -0.2) is 0 Å². The molecular formula is C27H24N4O5. The summed E-state index contributed by atoms with van der Waals surface area (Å²) in [6.07, 6.45) is 1.01. The van der Waals surface area contributed by atoms with Gasteiger partial charge in [0.05, 0.1) is 7.11 Å². The van der Waals surface area contributed by atoms with Crippen LogP contribution in [0.15, 0.2) is 68.2 Å². The summed E-state index contributed by atoms with van der Waals surface area (Å²) in [5.74, 6) is 3.67. The minimum atomic E-state index is 0.0416. The highest BCUT2D eigenvalue weighted by Gasteiger charge is 2.37. The van der Waals surface area contributed by atoms with Crippen molar-refractivity contribution in [1.29, 1.82) is 5.26 Å². The van der Waals surface area contributed by atoms with E-state index in [2.05, 4.69) is 16.0 Å². The third kappa shape index (κ3) is 4.01. The van der Waals surface area contributed by atoms with Gasteiger partial charge in [-0.2, -0.15) is 10.2 Å². The largest absolute Gasteiger partial charge is 0.497 e. The van der Waals surface area contributed by atoms with Crippen LogP contribution >= 0.6 is 0 Å². The first kappa shape index (κ1) is 22.0. The highest BCUT2D eigenvalue weighted by atomic mass is 16.5. The Hall–Kier alpha value is -4.45. The average molecular weight is 485 g/mol. The van der Waals surface area contributed by atoms with Crippen LogP contribution in [0.25, 0.3) is 11.7 Å². The molecule has 1 saturated heterocycles. The summed E-state index contributed by atoms with van der Waals surface area (Å²) >= 11 is 0. The zero-order valence-corrected chi connectivity index (χ0v) is 19.7. The topological polar surface area (TPSA) is 107 Å². The van der Waals surface area contributed by atoms with Gasteiger partial charge >= 0.3 is 0 Å². The summed E-state index contributed by atoms with van der Waals surface area (Å²) in [6, 6.07) is 18.5. The lowest BCUT2D eigenvalue weighted by Gasteiger charge is -2.42. The van der Waals surface area contributed by atoms with E-state index in [1.807, 2.05) is 41.0 Å². The SMILES string of the molecule is COc1ccc(OCc2ccc(-c3nc(C#N)c(N4C[C@@H]5C[C@@H](C4)c4cccc(=O)n4C5)o3)o2)cc1. The molecule has 4 aromatic rings. The second-order valence-electron chi connectivity index (χ2n) is 9.12. The van der Waals surface area contributed by atoms with Crippen LogP contribution in [0.5, 0.6) is 11.5 Å². The number of rotatable bonds is 6. The van der Waals surface area contributed by atoms with Gasteiger partial charge in [0.15, 0.2) is 5.76 Å². The number of oxazole rings is 1.